The summed E-state index contributed by atoms with van der Waals surface area (Å²) in [5, 5.41) is 13.2. The van der Waals surface area contributed by atoms with Crippen LogP contribution in [0.25, 0.3) is 0 Å². The zero-order valence-corrected chi connectivity index (χ0v) is 19.4. The first-order valence-corrected chi connectivity index (χ1v) is 11.7. The Morgan fingerprint density at radius 3 is 2.52 bits per heavy atom. The number of rotatable bonds is 10. The summed E-state index contributed by atoms with van der Waals surface area (Å²) in [6.45, 7) is 0.739. The zero-order chi connectivity index (χ0) is 22.1. The number of nitrogens with one attached hydrogen (secondary N) is 1. The van der Waals surface area contributed by atoms with E-state index in [0.29, 0.717) is 17.1 Å². The zero-order valence-electron chi connectivity index (χ0n) is 16.9. The summed E-state index contributed by atoms with van der Waals surface area (Å²) in [5.74, 6) is -0.0551. The fraction of sp³-hybridized carbons (Fsp3) is 0.174. The Labute approximate surface area is 195 Å². The molecular formula is C23H22N2O3S3. The number of carboxylic acids is 1. The maximum Gasteiger partial charge on any atom is 0.337 e. The van der Waals surface area contributed by atoms with Crippen molar-refractivity contribution in [1.82, 2.24) is 4.98 Å². The fourth-order valence-electron chi connectivity index (χ4n) is 2.70. The van der Waals surface area contributed by atoms with Crippen molar-refractivity contribution >= 4 is 52.4 Å². The number of carboxylic acid groups (broad SMARTS) is 1. The second kappa shape index (κ2) is 11.9. The van der Waals surface area contributed by atoms with E-state index in [9.17, 15) is 9.90 Å². The number of anilines is 1. The predicted molar refractivity (Wildman–Crippen MR) is 131 cm³/mol. The minimum absolute atomic E-state index is 0.192. The molecule has 0 saturated heterocycles. The molecule has 0 bridgehead atoms. The van der Waals surface area contributed by atoms with E-state index in [-0.39, 0.29) is 5.56 Å². The summed E-state index contributed by atoms with van der Waals surface area (Å²) in [6.07, 6.45) is 2.28. The van der Waals surface area contributed by atoms with Crippen LogP contribution in [0.5, 0.6) is 0 Å². The van der Waals surface area contributed by atoms with Crippen LogP contribution in [0, 0.1) is 0 Å². The maximum absolute atomic E-state index is 11.3. The lowest BCUT2D eigenvalue weighted by Gasteiger charge is -2.11. The maximum atomic E-state index is 11.3. The van der Waals surface area contributed by atoms with E-state index in [1.807, 2.05) is 12.1 Å². The largest absolute Gasteiger partial charge is 0.478 e. The number of carbonyl (C=O) groups is 1. The number of aromatic carboxylic acids is 1. The first kappa shape index (κ1) is 23.3. The second-order valence-electron chi connectivity index (χ2n) is 6.50. The van der Waals surface area contributed by atoms with Crippen molar-refractivity contribution < 1.29 is 14.6 Å². The first-order chi connectivity index (χ1) is 15.0. The van der Waals surface area contributed by atoms with Gasteiger partial charge >= 0.3 is 5.97 Å². The summed E-state index contributed by atoms with van der Waals surface area (Å²) in [7, 11) is 1.71. The number of hydrogen-bond donors (Lipinski definition) is 2. The van der Waals surface area contributed by atoms with E-state index in [1.54, 1.807) is 61.1 Å². The lowest BCUT2D eigenvalue weighted by molar-refractivity contribution is 0.0698. The van der Waals surface area contributed by atoms with Gasteiger partial charge in [-0.25, -0.2) is 9.78 Å². The molecule has 0 fully saturated rings. The lowest BCUT2D eigenvalue weighted by Crippen LogP contribution is -2.15. The van der Waals surface area contributed by atoms with Crippen molar-refractivity contribution in [1.29, 1.82) is 0 Å². The van der Waals surface area contributed by atoms with Gasteiger partial charge in [0.25, 0.3) is 0 Å². The van der Waals surface area contributed by atoms with E-state index in [0.717, 1.165) is 27.8 Å². The van der Waals surface area contributed by atoms with Crippen molar-refractivity contribution in [2.75, 3.05) is 24.8 Å². The van der Waals surface area contributed by atoms with Gasteiger partial charge in [-0.2, -0.15) is 0 Å². The van der Waals surface area contributed by atoms with Crippen molar-refractivity contribution in [2.24, 2.45) is 0 Å². The molecule has 2 N–H and O–H groups in total. The Morgan fingerprint density at radius 1 is 1.10 bits per heavy atom. The van der Waals surface area contributed by atoms with Crippen molar-refractivity contribution in [3.05, 3.63) is 78.0 Å². The second-order valence-corrected chi connectivity index (χ2v) is 9.25. The number of ether oxygens (including phenoxy) is 1. The molecule has 0 spiro atoms. The molecule has 2 aromatic carbocycles. The van der Waals surface area contributed by atoms with Crippen LogP contribution >= 0.6 is 35.7 Å². The van der Waals surface area contributed by atoms with E-state index >= 15 is 0 Å². The van der Waals surface area contributed by atoms with Gasteiger partial charge in [0.15, 0.2) is 0 Å². The van der Waals surface area contributed by atoms with Gasteiger partial charge in [0.2, 0.25) is 0 Å². The molecule has 0 atom stereocenters. The molecule has 3 aromatic rings. The quantitative estimate of drug-likeness (QED) is 0.224. The number of para-hydroxylation sites is 1. The average molecular weight is 471 g/mol. The molecule has 1 heterocycles. The third-order valence-corrected chi connectivity index (χ3v) is 6.38. The monoisotopic (exact) mass is 470 g/mol. The van der Waals surface area contributed by atoms with Crippen molar-refractivity contribution in [3.8, 4) is 0 Å². The third kappa shape index (κ3) is 7.36. The fourth-order valence-corrected chi connectivity index (χ4v) is 4.55. The van der Waals surface area contributed by atoms with Gasteiger partial charge < -0.3 is 15.2 Å². The molecule has 0 aliphatic heterocycles. The highest BCUT2D eigenvalue weighted by Crippen LogP contribution is 2.28. The van der Waals surface area contributed by atoms with E-state index in [4.69, 9.17) is 17.0 Å². The molecule has 5 nitrogen and oxygen atoms in total. The van der Waals surface area contributed by atoms with E-state index < -0.39 is 5.97 Å². The van der Waals surface area contributed by atoms with Crippen LogP contribution in [0.2, 0.25) is 0 Å². The van der Waals surface area contributed by atoms with Gasteiger partial charge in [0.1, 0.15) is 5.03 Å². The summed E-state index contributed by atoms with van der Waals surface area (Å²) in [5.41, 5.74) is 1.64. The molecule has 3 rings (SSSR count). The molecule has 8 heteroatoms. The molecule has 0 aliphatic carbocycles. The Balaban J connectivity index is 1.54. The van der Waals surface area contributed by atoms with Gasteiger partial charge in [-0.15, -0.1) is 11.8 Å². The first-order valence-electron chi connectivity index (χ1n) is 9.52. The van der Waals surface area contributed by atoms with Gasteiger partial charge in [-0.05, 0) is 48.0 Å². The van der Waals surface area contributed by atoms with Crippen LogP contribution in [-0.2, 0) is 11.2 Å². The molecule has 0 aliphatic rings. The predicted octanol–water partition coefficient (Wildman–Crippen LogP) is 5.65. The normalized spacial score (nSPS) is 10.6. The number of methoxy groups -OCH3 is 1. The van der Waals surface area contributed by atoms with Crippen molar-refractivity contribution in [3.63, 3.8) is 0 Å². The minimum Gasteiger partial charge on any atom is -0.478 e. The number of benzene rings is 2. The number of hydrogen-bond acceptors (Lipinski definition) is 6. The Kier molecular flexibility index (Phi) is 8.90. The topological polar surface area (TPSA) is 71.5 Å². The van der Waals surface area contributed by atoms with Crippen LogP contribution in [0.15, 0.2) is 81.7 Å². The summed E-state index contributed by atoms with van der Waals surface area (Å²) < 4.78 is 5.08. The minimum atomic E-state index is -0.990. The van der Waals surface area contributed by atoms with Gasteiger partial charge in [0, 0.05) is 35.3 Å². The number of thiocarbonyl (C=S) groups is 1. The molecule has 0 unspecified atom stereocenters. The Bertz CT molecular complexity index is 1020. The number of pyridine rings is 1. The van der Waals surface area contributed by atoms with Crippen LogP contribution in [0.1, 0.15) is 15.9 Å². The number of nitrogens with zero attached hydrogens (tertiary/aromatic N) is 1. The lowest BCUT2D eigenvalue weighted by atomic mass is 10.1. The standard InChI is InChI=1S/C23H22N2O3S3/c1-28-12-13-30-17-7-9-18(10-8-17)31-22-11-6-16(15-24-22)14-21(29)25-20-5-3-2-4-19(20)23(26)27/h2-11,15H,12-14H2,1H3,(H,25,29)(H,26,27). The Hall–Kier alpha value is -2.39. The van der Waals surface area contributed by atoms with Crippen LogP contribution < -0.4 is 5.32 Å². The average Bonchev–Trinajstić information content (AvgIpc) is 2.77. The molecule has 0 radical (unpaired) electrons. The molecule has 160 valence electrons. The summed E-state index contributed by atoms with van der Waals surface area (Å²) in [6, 6.07) is 19.1. The highest BCUT2D eigenvalue weighted by molar-refractivity contribution is 7.99. The smallest absolute Gasteiger partial charge is 0.337 e. The van der Waals surface area contributed by atoms with Crippen LogP contribution in [0.3, 0.4) is 0 Å². The van der Waals surface area contributed by atoms with Gasteiger partial charge in [0.05, 0.1) is 22.8 Å². The number of thioether (sulfide) groups is 1. The van der Waals surface area contributed by atoms with E-state index in [2.05, 4.69) is 34.6 Å². The SMILES string of the molecule is COCCSc1ccc(Sc2ccc(CC(=S)Nc3ccccc3C(=O)O)cn2)cc1. The highest BCUT2D eigenvalue weighted by atomic mass is 32.2. The molecule has 0 amide bonds. The van der Waals surface area contributed by atoms with Crippen molar-refractivity contribution in [2.45, 2.75) is 21.2 Å². The molecule has 31 heavy (non-hydrogen) atoms. The molecule has 0 saturated carbocycles. The van der Waals surface area contributed by atoms with Gasteiger partial charge in [-0.1, -0.05) is 42.2 Å². The molecule has 1 aromatic heterocycles. The van der Waals surface area contributed by atoms with Crippen LogP contribution in [0.4, 0.5) is 5.69 Å². The van der Waals surface area contributed by atoms with Gasteiger partial charge in [-0.3, -0.25) is 0 Å². The third-order valence-electron chi connectivity index (χ3n) is 4.20. The summed E-state index contributed by atoms with van der Waals surface area (Å²) in [4.78, 5) is 18.7. The highest BCUT2D eigenvalue weighted by Gasteiger charge is 2.10. The number of aromatic nitrogens is 1. The van der Waals surface area contributed by atoms with Crippen LogP contribution in [-0.4, -0.2) is 40.5 Å². The summed E-state index contributed by atoms with van der Waals surface area (Å²) >= 11 is 8.78. The Morgan fingerprint density at radius 2 is 1.84 bits per heavy atom. The van der Waals surface area contributed by atoms with E-state index in [1.165, 1.54) is 4.90 Å². The molecular weight excluding hydrogens is 448 g/mol.